The normalized spacial score (nSPS) is 17.7. The van der Waals surface area contributed by atoms with E-state index < -0.39 is 5.91 Å². The van der Waals surface area contributed by atoms with E-state index in [4.69, 9.17) is 21.1 Å². The van der Waals surface area contributed by atoms with Gasteiger partial charge in [-0.25, -0.2) is 0 Å². The molecular formula is C20H23ClN2O4S. The van der Waals surface area contributed by atoms with Gasteiger partial charge in [-0.3, -0.25) is 9.59 Å². The summed E-state index contributed by atoms with van der Waals surface area (Å²) in [6, 6.07) is 4.86. The van der Waals surface area contributed by atoms with Crippen molar-refractivity contribution in [3.8, 4) is 5.75 Å². The third kappa shape index (κ3) is 4.64. The lowest BCUT2D eigenvalue weighted by Crippen LogP contribution is -2.24. The average molecular weight is 423 g/mol. The van der Waals surface area contributed by atoms with Crippen LogP contribution >= 0.6 is 22.9 Å². The van der Waals surface area contributed by atoms with E-state index in [9.17, 15) is 9.59 Å². The molecule has 0 spiro atoms. The highest BCUT2D eigenvalue weighted by atomic mass is 35.5. The standard InChI is InChI=1S/C20H23ClN2O4S/c1-20(2,3)16-11-23(10-13-6-8-17(24)27-13)19(28-16)22-18(25)14-9-12(21)5-7-15(14)26-4/h5,7,9,11,13H,6,8,10H2,1-4H3/t13-/m0/s1. The van der Waals surface area contributed by atoms with Crippen molar-refractivity contribution in [2.75, 3.05) is 7.11 Å². The Balaban J connectivity index is 2.01. The Bertz CT molecular complexity index is 971. The van der Waals surface area contributed by atoms with Gasteiger partial charge < -0.3 is 14.0 Å². The first-order valence-corrected chi connectivity index (χ1v) is 10.2. The second kappa shape index (κ2) is 8.09. The number of esters is 1. The number of carbonyl (C=O) groups excluding carboxylic acids is 2. The van der Waals surface area contributed by atoms with Gasteiger partial charge in [0, 0.05) is 22.5 Å². The summed E-state index contributed by atoms with van der Waals surface area (Å²) in [5.41, 5.74) is 0.211. The maximum Gasteiger partial charge on any atom is 0.306 e. The molecule has 1 aromatic carbocycles. The van der Waals surface area contributed by atoms with Crippen LogP contribution in [0.2, 0.25) is 5.02 Å². The molecule has 0 N–H and O–H groups in total. The van der Waals surface area contributed by atoms with Crippen molar-refractivity contribution in [3.63, 3.8) is 0 Å². The van der Waals surface area contributed by atoms with Gasteiger partial charge >= 0.3 is 5.97 Å². The Morgan fingerprint density at radius 3 is 2.79 bits per heavy atom. The van der Waals surface area contributed by atoms with E-state index in [1.807, 2.05) is 10.8 Å². The lowest BCUT2D eigenvalue weighted by atomic mass is 9.95. The molecule has 0 saturated carbocycles. The molecule has 1 amide bonds. The molecule has 1 saturated heterocycles. The van der Waals surface area contributed by atoms with E-state index in [1.165, 1.54) is 18.4 Å². The molecule has 1 aliphatic rings. The number of carbonyl (C=O) groups is 2. The molecule has 0 bridgehead atoms. The van der Waals surface area contributed by atoms with Crippen molar-refractivity contribution < 1.29 is 19.1 Å². The van der Waals surface area contributed by atoms with Crippen LogP contribution in [-0.4, -0.2) is 29.7 Å². The van der Waals surface area contributed by atoms with Crippen molar-refractivity contribution in [1.82, 2.24) is 4.57 Å². The number of rotatable bonds is 4. The fourth-order valence-electron chi connectivity index (χ4n) is 2.87. The molecule has 0 unspecified atom stereocenters. The number of thiazole rings is 1. The zero-order valence-corrected chi connectivity index (χ0v) is 17.9. The molecule has 3 rings (SSSR count). The number of ether oxygens (including phenoxy) is 2. The van der Waals surface area contributed by atoms with Crippen LogP contribution in [0.3, 0.4) is 0 Å². The van der Waals surface area contributed by atoms with Crippen LogP contribution in [0.5, 0.6) is 5.75 Å². The number of hydrogen-bond acceptors (Lipinski definition) is 5. The van der Waals surface area contributed by atoms with Crippen LogP contribution in [-0.2, 0) is 21.5 Å². The second-order valence-electron chi connectivity index (χ2n) is 7.69. The average Bonchev–Trinajstić information content (AvgIpc) is 3.21. The lowest BCUT2D eigenvalue weighted by molar-refractivity contribution is -0.141. The zero-order chi connectivity index (χ0) is 20.5. The maximum atomic E-state index is 12.8. The summed E-state index contributed by atoms with van der Waals surface area (Å²) >= 11 is 7.50. The van der Waals surface area contributed by atoms with E-state index in [1.54, 1.807) is 18.2 Å². The van der Waals surface area contributed by atoms with Crippen LogP contribution in [0.25, 0.3) is 0 Å². The van der Waals surface area contributed by atoms with Crippen LogP contribution in [0.4, 0.5) is 0 Å². The molecule has 1 atom stereocenters. The molecular weight excluding hydrogens is 400 g/mol. The number of methoxy groups -OCH3 is 1. The Morgan fingerprint density at radius 2 is 2.18 bits per heavy atom. The fraction of sp³-hybridized carbons (Fsp3) is 0.450. The Morgan fingerprint density at radius 1 is 1.43 bits per heavy atom. The number of hydrogen-bond donors (Lipinski definition) is 0. The first-order chi connectivity index (χ1) is 13.2. The molecule has 2 heterocycles. The molecule has 0 aliphatic carbocycles. The summed E-state index contributed by atoms with van der Waals surface area (Å²) in [6.07, 6.45) is 2.87. The summed E-state index contributed by atoms with van der Waals surface area (Å²) in [6.45, 7) is 6.77. The highest BCUT2D eigenvalue weighted by Crippen LogP contribution is 2.26. The van der Waals surface area contributed by atoms with Gasteiger partial charge in [-0.1, -0.05) is 32.4 Å². The summed E-state index contributed by atoms with van der Waals surface area (Å²) in [5.74, 6) is -0.198. The SMILES string of the molecule is COc1ccc(Cl)cc1C(=O)N=c1sc(C(C)(C)C)cn1C[C@@H]1CCC(=O)O1. The van der Waals surface area contributed by atoms with Crippen LogP contribution < -0.4 is 9.54 Å². The van der Waals surface area contributed by atoms with Gasteiger partial charge in [0.15, 0.2) is 4.80 Å². The highest BCUT2D eigenvalue weighted by molar-refractivity contribution is 7.09. The molecule has 2 aromatic rings. The number of aromatic nitrogens is 1. The minimum absolute atomic E-state index is 0.0939. The number of amides is 1. The molecule has 1 aromatic heterocycles. The predicted octanol–water partition coefficient (Wildman–Crippen LogP) is 3.96. The van der Waals surface area contributed by atoms with Crippen LogP contribution in [0.1, 0.15) is 48.8 Å². The van der Waals surface area contributed by atoms with E-state index in [0.717, 1.165) is 4.88 Å². The smallest absolute Gasteiger partial charge is 0.306 e. The topological polar surface area (TPSA) is 69.9 Å². The Labute approximate surface area is 172 Å². The molecule has 6 nitrogen and oxygen atoms in total. The van der Waals surface area contributed by atoms with Gasteiger partial charge in [0.05, 0.1) is 19.2 Å². The van der Waals surface area contributed by atoms with Crippen molar-refractivity contribution in [2.45, 2.75) is 51.7 Å². The first-order valence-electron chi connectivity index (χ1n) is 9.00. The summed E-state index contributed by atoms with van der Waals surface area (Å²) < 4.78 is 12.5. The van der Waals surface area contributed by atoms with Crippen molar-refractivity contribution in [3.05, 3.63) is 44.7 Å². The second-order valence-corrected chi connectivity index (χ2v) is 9.14. The van der Waals surface area contributed by atoms with Crippen molar-refractivity contribution in [2.24, 2.45) is 4.99 Å². The number of benzene rings is 1. The van der Waals surface area contributed by atoms with Gasteiger partial charge in [-0.2, -0.15) is 4.99 Å². The molecule has 1 fully saturated rings. The first kappa shape index (κ1) is 20.6. The third-order valence-corrected chi connectivity index (χ3v) is 6.10. The van der Waals surface area contributed by atoms with Gasteiger partial charge in [0.2, 0.25) is 0 Å². The van der Waals surface area contributed by atoms with Gasteiger partial charge in [0.25, 0.3) is 5.91 Å². The van der Waals surface area contributed by atoms with Crippen molar-refractivity contribution >= 4 is 34.8 Å². The van der Waals surface area contributed by atoms with E-state index in [-0.39, 0.29) is 17.5 Å². The van der Waals surface area contributed by atoms with Crippen molar-refractivity contribution in [1.29, 1.82) is 0 Å². The molecule has 8 heteroatoms. The Kier molecular flexibility index (Phi) is 5.95. The molecule has 28 heavy (non-hydrogen) atoms. The summed E-state index contributed by atoms with van der Waals surface area (Å²) in [4.78, 5) is 30.3. The highest BCUT2D eigenvalue weighted by Gasteiger charge is 2.25. The molecule has 0 radical (unpaired) electrons. The largest absolute Gasteiger partial charge is 0.496 e. The van der Waals surface area contributed by atoms with Crippen LogP contribution in [0.15, 0.2) is 29.4 Å². The van der Waals surface area contributed by atoms with E-state index in [2.05, 4.69) is 25.8 Å². The number of cyclic esters (lactones) is 1. The predicted molar refractivity (Wildman–Crippen MR) is 108 cm³/mol. The van der Waals surface area contributed by atoms with Gasteiger partial charge in [0.1, 0.15) is 11.9 Å². The number of halogens is 1. The number of nitrogens with zero attached hydrogens (tertiary/aromatic N) is 2. The van der Waals surface area contributed by atoms with E-state index >= 15 is 0 Å². The monoisotopic (exact) mass is 422 g/mol. The van der Waals surface area contributed by atoms with Gasteiger partial charge in [-0.05, 0) is 30.0 Å². The lowest BCUT2D eigenvalue weighted by Gasteiger charge is -2.15. The fourth-order valence-corrected chi connectivity index (χ4v) is 4.10. The molecule has 150 valence electrons. The van der Waals surface area contributed by atoms with Crippen LogP contribution in [0, 0.1) is 0 Å². The maximum absolute atomic E-state index is 12.8. The molecule has 1 aliphatic heterocycles. The van der Waals surface area contributed by atoms with E-state index in [0.29, 0.717) is 40.5 Å². The summed E-state index contributed by atoms with van der Waals surface area (Å²) in [5, 5.41) is 0.437. The summed E-state index contributed by atoms with van der Waals surface area (Å²) in [7, 11) is 1.50. The zero-order valence-electron chi connectivity index (χ0n) is 16.3. The van der Waals surface area contributed by atoms with Gasteiger partial charge in [-0.15, -0.1) is 11.3 Å². The minimum Gasteiger partial charge on any atom is -0.496 e. The Hall–Kier alpha value is -2.12. The third-order valence-electron chi connectivity index (χ3n) is 4.42. The quantitative estimate of drug-likeness (QED) is 0.699. The minimum atomic E-state index is -0.432.